The second kappa shape index (κ2) is 5.83. The van der Waals surface area contributed by atoms with Crippen LogP contribution in [0.2, 0.25) is 0 Å². The average molecular weight is 278 g/mol. The molecule has 1 aromatic rings. The third-order valence-corrected chi connectivity index (χ3v) is 3.20. The first-order chi connectivity index (χ1) is 9.39. The normalized spacial score (nSPS) is 17.7. The number of benzene rings is 1. The summed E-state index contributed by atoms with van der Waals surface area (Å²) >= 11 is 0. The summed E-state index contributed by atoms with van der Waals surface area (Å²) in [4.78, 5) is 11.6. The van der Waals surface area contributed by atoms with Crippen LogP contribution in [-0.4, -0.2) is 25.3 Å². The number of ether oxygens (including phenoxy) is 3. The van der Waals surface area contributed by atoms with Gasteiger partial charge in [0.25, 0.3) is 0 Å². The maximum atomic E-state index is 11.6. The molecule has 1 aliphatic carbocycles. The number of aryl methyl sites for hydroxylation is 1. The van der Waals surface area contributed by atoms with Gasteiger partial charge in [-0.15, -0.1) is 0 Å². The summed E-state index contributed by atoms with van der Waals surface area (Å²) < 4.78 is 16.1. The first kappa shape index (κ1) is 14.9. The van der Waals surface area contributed by atoms with E-state index in [0.29, 0.717) is 5.75 Å². The second-order valence-electron chi connectivity index (χ2n) is 6.00. The largest absolute Gasteiger partial charge is 0.482 e. The van der Waals surface area contributed by atoms with Crippen LogP contribution in [-0.2, 0) is 20.7 Å². The fraction of sp³-hybridized carbons (Fsp3) is 0.562. The number of methoxy groups -OCH3 is 1. The van der Waals surface area contributed by atoms with Gasteiger partial charge in [-0.2, -0.15) is 0 Å². The van der Waals surface area contributed by atoms with Crippen molar-refractivity contribution in [3.8, 4) is 5.75 Å². The van der Waals surface area contributed by atoms with Gasteiger partial charge >= 0.3 is 5.97 Å². The molecule has 0 bridgehead atoms. The molecule has 0 spiro atoms. The van der Waals surface area contributed by atoms with Crippen molar-refractivity contribution < 1.29 is 19.0 Å². The molecule has 1 aromatic carbocycles. The van der Waals surface area contributed by atoms with Crippen molar-refractivity contribution >= 4 is 5.97 Å². The topological polar surface area (TPSA) is 44.8 Å². The number of hydrogen-bond donors (Lipinski definition) is 0. The molecule has 0 saturated carbocycles. The van der Waals surface area contributed by atoms with Crippen molar-refractivity contribution in [2.24, 2.45) is 0 Å². The molecular formula is C16H22O4. The molecule has 4 heteroatoms. The van der Waals surface area contributed by atoms with Crippen molar-refractivity contribution in [2.45, 2.75) is 45.3 Å². The van der Waals surface area contributed by atoms with Gasteiger partial charge in [-0.05, 0) is 56.9 Å². The molecule has 0 aromatic heterocycles. The Hall–Kier alpha value is -1.55. The lowest BCUT2D eigenvalue weighted by Crippen LogP contribution is -2.27. The summed E-state index contributed by atoms with van der Waals surface area (Å²) in [6, 6.07) is 5.89. The van der Waals surface area contributed by atoms with Gasteiger partial charge in [-0.3, -0.25) is 0 Å². The van der Waals surface area contributed by atoms with Crippen molar-refractivity contribution in [1.29, 1.82) is 0 Å². The van der Waals surface area contributed by atoms with E-state index in [1.54, 1.807) is 7.11 Å². The molecule has 1 aliphatic rings. The summed E-state index contributed by atoms with van der Waals surface area (Å²) in [6.07, 6.45) is 2.16. The number of rotatable bonds is 4. The van der Waals surface area contributed by atoms with E-state index >= 15 is 0 Å². The molecule has 20 heavy (non-hydrogen) atoms. The highest BCUT2D eigenvalue weighted by Crippen LogP contribution is 2.35. The van der Waals surface area contributed by atoms with Crippen LogP contribution in [0, 0.1) is 0 Å². The van der Waals surface area contributed by atoms with E-state index in [0.717, 1.165) is 18.4 Å². The molecule has 2 rings (SSSR count). The molecule has 0 heterocycles. The van der Waals surface area contributed by atoms with Gasteiger partial charge in [0, 0.05) is 7.11 Å². The standard InChI is InChI=1S/C16H22O4/c1-16(2,3)20-15(17)10-19-12-7-5-11-6-8-14(18-4)13(11)9-12/h5,7,9,14H,6,8,10H2,1-4H3. The number of esters is 1. The van der Waals surface area contributed by atoms with Crippen LogP contribution in [0.5, 0.6) is 5.75 Å². The highest BCUT2D eigenvalue weighted by atomic mass is 16.6. The summed E-state index contributed by atoms with van der Waals surface area (Å²) in [5.74, 6) is 0.319. The van der Waals surface area contributed by atoms with E-state index in [2.05, 4.69) is 0 Å². The van der Waals surface area contributed by atoms with Crippen molar-refractivity contribution in [3.05, 3.63) is 29.3 Å². The zero-order chi connectivity index (χ0) is 14.8. The SMILES string of the molecule is COC1CCc2ccc(OCC(=O)OC(C)(C)C)cc21. The maximum absolute atomic E-state index is 11.6. The Kier molecular flexibility index (Phi) is 4.33. The monoisotopic (exact) mass is 278 g/mol. The lowest BCUT2D eigenvalue weighted by Gasteiger charge is -2.19. The lowest BCUT2D eigenvalue weighted by atomic mass is 10.1. The van der Waals surface area contributed by atoms with Gasteiger partial charge in [0.1, 0.15) is 11.4 Å². The molecule has 0 aliphatic heterocycles. The van der Waals surface area contributed by atoms with Gasteiger partial charge in [-0.25, -0.2) is 4.79 Å². The Bertz CT molecular complexity index is 488. The quantitative estimate of drug-likeness (QED) is 0.794. The van der Waals surface area contributed by atoms with Crippen molar-refractivity contribution in [2.75, 3.05) is 13.7 Å². The Labute approximate surface area is 120 Å². The molecule has 0 N–H and O–H groups in total. The van der Waals surface area contributed by atoms with Crippen LogP contribution >= 0.6 is 0 Å². The molecular weight excluding hydrogens is 256 g/mol. The van der Waals surface area contributed by atoms with Gasteiger partial charge in [0.15, 0.2) is 6.61 Å². The molecule has 0 fully saturated rings. The molecule has 1 unspecified atom stereocenters. The van der Waals surface area contributed by atoms with E-state index in [1.807, 2.05) is 39.0 Å². The van der Waals surface area contributed by atoms with Gasteiger partial charge in [0.05, 0.1) is 6.10 Å². The Morgan fingerprint density at radius 1 is 1.35 bits per heavy atom. The highest BCUT2D eigenvalue weighted by molar-refractivity contribution is 5.71. The summed E-state index contributed by atoms with van der Waals surface area (Å²) in [5, 5.41) is 0. The summed E-state index contributed by atoms with van der Waals surface area (Å²) in [6.45, 7) is 5.43. The minimum absolute atomic E-state index is 0.0757. The summed E-state index contributed by atoms with van der Waals surface area (Å²) in [5.41, 5.74) is 1.97. The zero-order valence-corrected chi connectivity index (χ0v) is 12.6. The van der Waals surface area contributed by atoms with E-state index in [9.17, 15) is 4.79 Å². The minimum Gasteiger partial charge on any atom is -0.482 e. The third kappa shape index (κ3) is 3.73. The van der Waals surface area contributed by atoms with Crippen LogP contribution in [0.4, 0.5) is 0 Å². The Balaban J connectivity index is 1.96. The number of fused-ring (bicyclic) bond motifs is 1. The van der Waals surface area contributed by atoms with Crippen LogP contribution in [0.15, 0.2) is 18.2 Å². The Morgan fingerprint density at radius 3 is 2.75 bits per heavy atom. The third-order valence-electron chi connectivity index (χ3n) is 3.20. The van der Waals surface area contributed by atoms with E-state index in [-0.39, 0.29) is 18.7 Å². The molecule has 4 nitrogen and oxygen atoms in total. The van der Waals surface area contributed by atoms with Crippen molar-refractivity contribution in [1.82, 2.24) is 0 Å². The number of carbonyl (C=O) groups excluding carboxylic acids is 1. The van der Waals surface area contributed by atoms with E-state index in [1.165, 1.54) is 5.56 Å². The van der Waals surface area contributed by atoms with Crippen LogP contribution in [0.3, 0.4) is 0 Å². The molecule has 0 radical (unpaired) electrons. The van der Waals surface area contributed by atoms with E-state index < -0.39 is 5.60 Å². The fourth-order valence-corrected chi connectivity index (χ4v) is 2.39. The predicted molar refractivity (Wildman–Crippen MR) is 75.9 cm³/mol. The van der Waals surface area contributed by atoms with Crippen molar-refractivity contribution in [3.63, 3.8) is 0 Å². The van der Waals surface area contributed by atoms with E-state index in [4.69, 9.17) is 14.2 Å². The molecule has 0 saturated heterocycles. The second-order valence-corrected chi connectivity index (χ2v) is 6.00. The molecule has 1 atom stereocenters. The Morgan fingerprint density at radius 2 is 2.10 bits per heavy atom. The van der Waals surface area contributed by atoms with Crippen LogP contribution in [0.1, 0.15) is 44.4 Å². The maximum Gasteiger partial charge on any atom is 0.344 e. The zero-order valence-electron chi connectivity index (χ0n) is 12.6. The first-order valence-corrected chi connectivity index (χ1v) is 6.89. The molecule has 110 valence electrons. The van der Waals surface area contributed by atoms with Gasteiger partial charge < -0.3 is 14.2 Å². The number of hydrogen-bond acceptors (Lipinski definition) is 4. The van der Waals surface area contributed by atoms with Gasteiger partial charge in [-0.1, -0.05) is 6.07 Å². The number of carbonyl (C=O) groups is 1. The summed E-state index contributed by atoms with van der Waals surface area (Å²) in [7, 11) is 1.72. The first-order valence-electron chi connectivity index (χ1n) is 6.89. The van der Waals surface area contributed by atoms with Crippen LogP contribution in [0.25, 0.3) is 0 Å². The molecule has 0 amide bonds. The average Bonchev–Trinajstić information content (AvgIpc) is 2.76. The van der Waals surface area contributed by atoms with Gasteiger partial charge in [0.2, 0.25) is 0 Å². The lowest BCUT2D eigenvalue weighted by molar-refractivity contribution is -0.157. The van der Waals surface area contributed by atoms with Crippen LogP contribution < -0.4 is 4.74 Å². The minimum atomic E-state index is -0.487. The predicted octanol–water partition coefficient (Wildman–Crippen LogP) is 3.04. The smallest absolute Gasteiger partial charge is 0.344 e. The fourth-order valence-electron chi connectivity index (χ4n) is 2.39. The highest BCUT2D eigenvalue weighted by Gasteiger charge is 2.23.